The second-order valence-electron chi connectivity index (χ2n) is 5.39. The van der Waals surface area contributed by atoms with Crippen molar-refractivity contribution in [3.05, 3.63) is 18.7 Å². The van der Waals surface area contributed by atoms with Crippen LogP contribution in [0.4, 0.5) is 0 Å². The third kappa shape index (κ3) is 6.16. The monoisotopic (exact) mass is 292 g/mol. The maximum Gasteiger partial charge on any atom is 0.191 e. The molecule has 0 bridgehead atoms. The summed E-state index contributed by atoms with van der Waals surface area (Å²) in [5.74, 6) is 0.912. The van der Waals surface area contributed by atoms with Crippen LogP contribution in [0.5, 0.6) is 0 Å². The first-order valence-electron chi connectivity index (χ1n) is 8.09. The number of imidazole rings is 1. The molecule has 0 aromatic carbocycles. The second kappa shape index (κ2) is 9.39. The SMILES string of the molecule is CCNC(=NCCN1CCCCC1)NCCn1ccnc1. The number of guanidine groups is 1. The van der Waals surface area contributed by atoms with Crippen molar-refractivity contribution in [3.63, 3.8) is 0 Å². The minimum absolute atomic E-state index is 0.853. The van der Waals surface area contributed by atoms with E-state index in [2.05, 4.69) is 37.0 Å². The van der Waals surface area contributed by atoms with Crippen LogP contribution in [0, 0.1) is 0 Å². The number of hydrogen-bond acceptors (Lipinski definition) is 3. The van der Waals surface area contributed by atoms with Gasteiger partial charge in [0.1, 0.15) is 0 Å². The fourth-order valence-corrected chi connectivity index (χ4v) is 2.55. The zero-order chi connectivity index (χ0) is 14.8. The first kappa shape index (κ1) is 15.8. The summed E-state index contributed by atoms with van der Waals surface area (Å²) in [6.45, 7) is 9.14. The lowest BCUT2D eigenvalue weighted by atomic mass is 10.1. The van der Waals surface area contributed by atoms with E-state index >= 15 is 0 Å². The highest BCUT2D eigenvalue weighted by atomic mass is 15.2. The van der Waals surface area contributed by atoms with Gasteiger partial charge in [-0.15, -0.1) is 0 Å². The van der Waals surface area contributed by atoms with Gasteiger partial charge in [0.05, 0.1) is 12.9 Å². The molecule has 0 radical (unpaired) electrons. The zero-order valence-electron chi connectivity index (χ0n) is 13.1. The Kier molecular flexibility index (Phi) is 7.07. The van der Waals surface area contributed by atoms with E-state index in [-0.39, 0.29) is 0 Å². The number of nitrogens with zero attached hydrogens (tertiary/aromatic N) is 4. The highest BCUT2D eigenvalue weighted by molar-refractivity contribution is 5.79. The van der Waals surface area contributed by atoms with Crippen LogP contribution in [0.1, 0.15) is 26.2 Å². The molecule has 2 heterocycles. The average Bonchev–Trinajstić information content (AvgIpc) is 3.02. The summed E-state index contributed by atoms with van der Waals surface area (Å²) in [6.07, 6.45) is 9.68. The van der Waals surface area contributed by atoms with Crippen LogP contribution >= 0.6 is 0 Å². The molecule has 0 saturated carbocycles. The molecular weight excluding hydrogens is 264 g/mol. The lowest BCUT2D eigenvalue weighted by molar-refractivity contribution is 0.235. The standard InChI is InChI=1S/C15H28N6/c1-2-17-15(19-8-13-21-11-6-16-14-21)18-7-12-20-9-4-3-5-10-20/h6,11,14H,2-5,7-10,12-13H2,1H3,(H2,17,18,19). The van der Waals surface area contributed by atoms with Gasteiger partial charge in [-0.05, 0) is 32.9 Å². The van der Waals surface area contributed by atoms with E-state index in [1.807, 2.05) is 12.5 Å². The summed E-state index contributed by atoms with van der Waals surface area (Å²) in [6, 6.07) is 0. The van der Waals surface area contributed by atoms with Crippen molar-refractivity contribution in [2.45, 2.75) is 32.7 Å². The van der Waals surface area contributed by atoms with Gasteiger partial charge in [-0.25, -0.2) is 4.98 Å². The molecule has 0 spiro atoms. The smallest absolute Gasteiger partial charge is 0.191 e. The minimum Gasteiger partial charge on any atom is -0.357 e. The average molecular weight is 292 g/mol. The van der Waals surface area contributed by atoms with Gasteiger partial charge in [-0.1, -0.05) is 6.42 Å². The summed E-state index contributed by atoms with van der Waals surface area (Å²) in [5.41, 5.74) is 0. The van der Waals surface area contributed by atoms with Crippen LogP contribution < -0.4 is 10.6 Å². The fraction of sp³-hybridized carbons (Fsp3) is 0.733. The summed E-state index contributed by atoms with van der Waals surface area (Å²) >= 11 is 0. The van der Waals surface area contributed by atoms with Gasteiger partial charge in [-0.3, -0.25) is 4.99 Å². The largest absolute Gasteiger partial charge is 0.357 e. The predicted molar refractivity (Wildman–Crippen MR) is 86.5 cm³/mol. The van der Waals surface area contributed by atoms with Gasteiger partial charge in [0, 0.05) is 38.6 Å². The van der Waals surface area contributed by atoms with Crippen LogP contribution in [0.15, 0.2) is 23.7 Å². The highest BCUT2D eigenvalue weighted by Gasteiger charge is 2.08. The Morgan fingerprint density at radius 2 is 2.05 bits per heavy atom. The molecule has 1 aliphatic rings. The number of hydrogen-bond donors (Lipinski definition) is 2. The molecular formula is C15H28N6. The van der Waals surface area contributed by atoms with Crippen molar-refractivity contribution < 1.29 is 0 Å². The molecule has 1 saturated heterocycles. The van der Waals surface area contributed by atoms with Gasteiger partial charge < -0.3 is 20.1 Å². The Morgan fingerprint density at radius 1 is 1.19 bits per heavy atom. The molecule has 1 aromatic heterocycles. The van der Waals surface area contributed by atoms with E-state index < -0.39 is 0 Å². The molecule has 0 aliphatic carbocycles. The molecule has 6 nitrogen and oxygen atoms in total. The minimum atomic E-state index is 0.853. The lowest BCUT2D eigenvalue weighted by Gasteiger charge is -2.25. The van der Waals surface area contributed by atoms with Gasteiger partial charge >= 0.3 is 0 Å². The molecule has 2 rings (SSSR count). The van der Waals surface area contributed by atoms with E-state index in [1.165, 1.54) is 32.4 Å². The van der Waals surface area contributed by atoms with Crippen LogP contribution in [-0.2, 0) is 6.54 Å². The predicted octanol–water partition coefficient (Wildman–Crippen LogP) is 0.924. The normalized spacial score (nSPS) is 16.9. The molecule has 0 unspecified atom stereocenters. The maximum absolute atomic E-state index is 4.65. The molecule has 2 N–H and O–H groups in total. The summed E-state index contributed by atoms with van der Waals surface area (Å²) in [7, 11) is 0. The first-order valence-corrected chi connectivity index (χ1v) is 8.09. The van der Waals surface area contributed by atoms with Crippen LogP contribution in [0.2, 0.25) is 0 Å². The van der Waals surface area contributed by atoms with Gasteiger partial charge in [-0.2, -0.15) is 0 Å². The molecule has 1 fully saturated rings. The van der Waals surface area contributed by atoms with Crippen molar-refractivity contribution in [2.24, 2.45) is 4.99 Å². The van der Waals surface area contributed by atoms with Crippen LogP contribution in [0.3, 0.4) is 0 Å². The van der Waals surface area contributed by atoms with Crippen molar-refractivity contribution >= 4 is 5.96 Å². The van der Waals surface area contributed by atoms with Crippen molar-refractivity contribution in [3.8, 4) is 0 Å². The third-order valence-corrected chi connectivity index (χ3v) is 3.70. The quantitative estimate of drug-likeness (QED) is 0.580. The number of aliphatic imine (C=N–C) groups is 1. The van der Waals surface area contributed by atoms with Crippen molar-refractivity contribution in [1.29, 1.82) is 0 Å². The van der Waals surface area contributed by atoms with Crippen LogP contribution in [-0.4, -0.2) is 59.7 Å². The molecule has 21 heavy (non-hydrogen) atoms. The van der Waals surface area contributed by atoms with Crippen molar-refractivity contribution in [1.82, 2.24) is 25.1 Å². The fourth-order valence-electron chi connectivity index (χ4n) is 2.55. The Morgan fingerprint density at radius 3 is 2.76 bits per heavy atom. The Bertz CT molecular complexity index is 394. The summed E-state index contributed by atoms with van der Waals surface area (Å²) in [5, 5.41) is 6.66. The third-order valence-electron chi connectivity index (χ3n) is 3.70. The zero-order valence-corrected chi connectivity index (χ0v) is 13.1. The number of likely N-dealkylation sites (tertiary alicyclic amines) is 1. The molecule has 118 valence electrons. The molecule has 0 amide bonds. The van der Waals surface area contributed by atoms with Gasteiger partial charge in [0.25, 0.3) is 0 Å². The first-order chi connectivity index (χ1) is 10.4. The number of nitrogens with one attached hydrogen (secondary N) is 2. The van der Waals surface area contributed by atoms with E-state index in [9.17, 15) is 0 Å². The Hall–Kier alpha value is -1.56. The lowest BCUT2D eigenvalue weighted by Crippen LogP contribution is -2.39. The molecule has 1 aromatic rings. The number of rotatable bonds is 7. The highest BCUT2D eigenvalue weighted by Crippen LogP contribution is 2.07. The van der Waals surface area contributed by atoms with E-state index in [4.69, 9.17) is 0 Å². The molecule has 6 heteroatoms. The topological polar surface area (TPSA) is 57.5 Å². The van der Waals surface area contributed by atoms with E-state index in [1.54, 1.807) is 6.20 Å². The van der Waals surface area contributed by atoms with Gasteiger partial charge in [0.15, 0.2) is 5.96 Å². The summed E-state index contributed by atoms with van der Waals surface area (Å²) < 4.78 is 2.06. The second-order valence-corrected chi connectivity index (χ2v) is 5.39. The maximum atomic E-state index is 4.65. The van der Waals surface area contributed by atoms with Crippen LogP contribution in [0.25, 0.3) is 0 Å². The summed E-state index contributed by atoms with van der Waals surface area (Å²) in [4.78, 5) is 11.2. The van der Waals surface area contributed by atoms with Gasteiger partial charge in [0.2, 0.25) is 0 Å². The van der Waals surface area contributed by atoms with E-state index in [0.717, 1.165) is 38.7 Å². The number of aromatic nitrogens is 2. The van der Waals surface area contributed by atoms with Crippen molar-refractivity contribution in [2.75, 3.05) is 39.3 Å². The molecule has 0 atom stereocenters. The molecule has 1 aliphatic heterocycles. The Labute approximate surface area is 127 Å². The number of piperidine rings is 1. The van der Waals surface area contributed by atoms with E-state index in [0.29, 0.717) is 0 Å². The Balaban J connectivity index is 1.67.